The van der Waals surface area contributed by atoms with E-state index in [1.807, 2.05) is 19.2 Å². The molecular weight excluding hydrogens is 320 g/mol. The molecular formula is C14H20N4O2S2. The van der Waals surface area contributed by atoms with Gasteiger partial charge in [-0.15, -0.1) is 11.3 Å². The van der Waals surface area contributed by atoms with Crippen LogP contribution in [-0.2, 0) is 16.6 Å². The summed E-state index contributed by atoms with van der Waals surface area (Å²) in [6.07, 6.45) is 5.11. The summed E-state index contributed by atoms with van der Waals surface area (Å²) in [4.78, 5) is 4.67. The number of thiazole rings is 1. The molecule has 3 heterocycles. The molecule has 0 saturated carbocycles. The van der Waals surface area contributed by atoms with Gasteiger partial charge < -0.3 is 0 Å². The molecule has 22 heavy (non-hydrogen) atoms. The summed E-state index contributed by atoms with van der Waals surface area (Å²) in [7, 11) is -3.48. The number of nitrogens with zero attached hydrogens (tertiary/aromatic N) is 4. The second-order valence-electron chi connectivity index (χ2n) is 5.48. The lowest BCUT2D eigenvalue weighted by molar-refractivity contribution is 0.315. The minimum atomic E-state index is -3.48. The van der Waals surface area contributed by atoms with Crippen molar-refractivity contribution in [3.05, 3.63) is 28.5 Å². The van der Waals surface area contributed by atoms with Crippen LogP contribution in [-0.4, -0.2) is 40.6 Å². The fraction of sp³-hybridized carbons (Fsp3) is 0.571. The minimum Gasteiger partial charge on any atom is -0.269 e. The summed E-state index contributed by atoms with van der Waals surface area (Å²) in [6.45, 7) is 5.51. The van der Waals surface area contributed by atoms with Gasteiger partial charge in [-0.3, -0.25) is 4.68 Å². The number of rotatable bonds is 4. The van der Waals surface area contributed by atoms with Gasteiger partial charge in [0.2, 0.25) is 10.0 Å². The van der Waals surface area contributed by atoms with Crippen molar-refractivity contribution in [2.24, 2.45) is 0 Å². The maximum atomic E-state index is 12.9. The highest BCUT2D eigenvalue weighted by Gasteiger charge is 2.33. The molecule has 1 unspecified atom stereocenters. The molecule has 0 aliphatic carbocycles. The molecule has 0 amide bonds. The Hall–Kier alpha value is -1.25. The van der Waals surface area contributed by atoms with E-state index in [-0.39, 0.29) is 5.92 Å². The Kier molecular flexibility index (Phi) is 4.33. The first-order chi connectivity index (χ1) is 10.5. The van der Waals surface area contributed by atoms with E-state index < -0.39 is 10.0 Å². The van der Waals surface area contributed by atoms with E-state index in [2.05, 4.69) is 10.1 Å². The fourth-order valence-corrected chi connectivity index (χ4v) is 5.39. The molecule has 2 aromatic rings. The Morgan fingerprint density at radius 2 is 2.27 bits per heavy atom. The van der Waals surface area contributed by atoms with Crippen LogP contribution in [0, 0.1) is 6.92 Å². The molecule has 3 rings (SSSR count). The summed E-state index contributed by atoms with van der Waals surface area (Å²) < 4.78 is 29.1. The Balaban J connectivity index is 1.87. The normalized spacial score (nSPS) is 20.4. The van der Waals surface area contributed by atoms with E-state index in [0.29, 0.717) is 30.2 Å². The molecule has 1 saturated heterocycles. The third kappa shape index (κ3) is 2.70. The second-order valence-corrected chi connectivity index (χ2v) is 8.32. The molecule has 120 valence electrons. The minimum absolute atomic E-state index is 0.199. The van der Waals surface area contributed by atoms with Crippen LogP contribution in [0.4, 0.5) is 0 Å². The van der Waals surface area contributed by atoms with Crippen LogP contribution >= 0.6 is 11.3 Å². The number of sulfonamides is 1. The molecule has 6 nitrogen and oxygen atoms in total. The van der Waals surface area contributed by atoms with E-state index in [0.717, 1.165) is 17.8 Å². The first kappa shape index (κ1) is 15.6. The molecule has 0 spiro atoms. The van der Waals surface area contributed by atoms with Crippen LogP contribution in [0.2, 0.25) is 0 Å². The van der Waals surface area contributed by atoms with Crippen molar-refractivity contribution in [2.75, 3.05) is 13.1 Å². The zero-order valence-corrected chi connectivity index (χ0v) is 14.4. The van der Waals surface area contributed by atoms with Gasteiger partial charge in [0.1, 0.15) is 4.90 Å². The number of aryl methyl sites for hydroxylation is 1. The van der Waals surface area contributed by atoms with Gasteiger partial charge in [0.25, 0.3) is 0 Å². The lowest BCUT2D eigenvalue weighted by Gasteiger charge is -2.30. The highest BCUT2D eigenvalue weighted by molar-refractivity contribution is 7.89. The molecule has 0 bridgehead atoms. The number of hydrogen-bond acceptors (Lipinski definition) is 5. The fourth-order valence-electron chi connectivity index (χ4n) is 2.94. The molecule has 8 heteroatoms. The van der Waals surface area contributed by atoms with Gasteiger partial charge in [-0.2, -0.15) is 9.40 Å². The van der Waals surface area contributed by atoms with Crippen molar-refractivity contribution >= 4 is 21.4 Å². The number of hydrogen-bond donors (Lipinski definition) is 0. The van der Waals surface area contributed by atoms with E-state index in [1.54, 1.807) is 26.5 Å². The van der Waals surface area contributed by atoms with Crippen molar-refractivity contribution in [1.29, 1.82) is 0 Å². The zero-order valence-electron chi connectivity index (χ0n) is 12.8. The first-order valence-corrected chi connectivity index (χ1v) is 9.78. The molecule has 1 atom stereocenters. The topological polar surface area (TPSA) is 68.1 Å². The third-order valence-corrected chi connectivity index (χ3v) is 7.07. The highest BCUT2D eigenvalue weighted by Crippen LogP contribution is 2.31. The maximum absolute atomic E-state index is 12.9. The van der Waals surface area contributed by atoms with Crippen molar-refractivity contribution in [3.63, 3.8) is 0 Å². The van der Waals surface area contributed by atoms with E-state index >= 15 is 0 Å². The molecule has 2 aromatic heterocycles. The average Bonchev–Trinajstić information content (AvgIpc) is 3.16. The van der Waals surface area contributed by atoms with Crippen LogP contribution in [0.5, 0.6) is 0 Å². The quantitative estimate of drug-likeness (QED) is 0.856. The monoisotopic (exact) mass is 340 g/mol. The van der Waals surface area contributed by atoms with Crippen molar-refractivity contribution in [3.8, 4) is 0 Å². The molecule has 0 aromatic carbocycles. The SMILES string of the molecule is CCn1ncc(S(=O)(=O)N2CCCC(c3nccs3)C2)c1C. The molecule has 0 radical (unpaired) electrons. The average molecular weight is 340 g/mol. The van der Waals surface area contributed by atoms with E-state index in [1.165, 1.54) is 6.20 Å². The predicted molar refractivity (Wildman–Crippen MR) is 85.5 cm³/mol. The van der Waals surface area contributed by atoms with Crippen molar-refractivity contribution < 1.29 is 8.42 Å². The maximum Gasteiger partial charge on any atom is 0.246 e. The first-order valence-electron chi connectivity index (χ1n) is 7.46. The molecule has 1 fully saturated rings. The van der Waals surface area contributed by atoms with Crippen LogP contribution in [0.25, 0.3) is 0 Å². The van der Waals surface area contributed by atoms with Gasteiger partial charge >= 0.3 is 0 Å². The largest absolute Gasteiger partial charge is 0.269 e. The Labute approximate surface area is 134 Å². The van der Waals surface area contributed by atoms with Crippen LogP contribution < -0.4 is 0 Å². The van der Waals surface area contributed by atoms with Gasteiger partial charge in [0.15, 0.2) is 0 Å². The van der Waals surface area contributed by atoms with Crippen LogP contribution in [0.1, 0.15) is 36.4 Å². The van der Waals surface area contributed by atoms with Crippen molar-refractivity contribution in [1.82, 2.24) is 19.1 Å². The Morgan fingerprint density at radius 1 is 1.45 bits per heavy atom. The summed E-state index contributed by atoms with van der Waals surface area (Å²) in [6, 6.07) is 0. The van der Waals surface area contributed by atoms with Gasteiger partial charge in [0, 0.05) is 37.1 Å². The van der Waals surface area contributed by atoms with Crippen LogP contribution in [0.3, 0.4) is 0 Å². The van der Waals surface area contributed by atoms with Crippen molar-refractivity contribution in [2.45, 2.75) is 44.0 Å². The number of aromatic nitrogens is 3. The lowest BCUT2D eigenvalue weighted by atomic mass is 10.0. The molecule has 1 aliphatic heterocycles. The molecule has 0 N–H and O–H groups in total. The number of piperidine rings is 1. The predicted octanol–water partition coefficient (Wildman–Crippen LogP) is 2.24. The zero-order chi connectivity index (χ0) is 15.7. The highest BCUT2D eigenvalue weighted by atomic mass is 32.2. The summed E-state index contributed by atoms with van der Waals surface area (Å²) in [5.41, 5.74) is 0.707. The Morgan fingerprint density at radius 3 is 2.91 bits per heavy atom. The van der Waals surface area contributed by atoms with E-state index in [4.69, 9.17) is 0 Å². The standard InChI is InChI=1S/C14H20N4O2S2/c1-3-18-11(2)13(9-16-18)22(19,20)17-7-4-5-12(10-17)14-15-6-8-21-14/h6,8-9,12H,3-5,7,10H2,1-2H3. The van der Waals surface area contributed by atoms with Gasteiger partial charge in [-0.1, -0.05) is 0 Å². The Bertz CT molecular complexity index is 737. The van der Waals surface area contributed by atoms with Crippen LogP contribution in [0.15, 0.2) is 22.7 Å². The molecule has 1 aliphatic rings. The summed E-state index contributed by atoms with van der Waals surface area (Å²) in [5.74, 6) is 0.199. The van der Waals surface area contributed by atoms with E-state index in [9.17, 15) is 8.42 Å². The smallest absolute Gasteiger partial charge is 0.246 e. The van der Waals surface area contributed by atoms with Gasteiger partial charge in [0.05, 0.1) is 16.9 Å². The third-order valence-electron chi connectivity index (χ3n) is 4.16. The summed E-state index contributed by atoms with van der Waals surface area (Å²) >= 11 is 1.60. The summed E-state index contributed by atoms with van der Waals surface area (Å²) in [5, 5.41) is 7.14. The second kappa shape index (κ2) is 6.10. The lowest BCUT2D eigenvalue weighted by Crippen LogP contribution is -2.39. The van der Waals surface area contributed by atoms with Gasteiger partial charge in [-0.25, -0.2) is 13.4 Å². The van der Waals surface area contributed by atoms with Gasteiger partial charge in [-0.05, 0) is 26.7 Å².